The van der Waals surface area contributed by atoms with E-state index in [-0.39, 0.29) is 0 Å². The summed E-state index contributed by atoms with van der Waals surface area (Å²) in [4.78, 5) is -1.16. The van der Waals surface area contributed by atoms with Gasteiger partial charge in [-0.25, -0.2) is 4.18 Å². The number of fused-ring (bicyclic) bond motifs is 2. The fraction of sp³-hybridized carbons (Fsp3) is 0.368. The van der Waals surface area contributed by atoms with E-state index in [1.165, 1.54) is 6.07 Å². The molecule has 0 bridgehead atoms. The molecule has 0 radical (unpaired) electrons. The number of benzene rings is 2. The molecule has 1 saturated heterocycles. The highest BCUT2D eigenvalue weighted by atomic mass is 32.3. The third-order valence-electron chi connectivity index (χ3n) is 5.50. The Kier molecular flexibility index (Phi) is 5.12. The standard InChI is InChI=1S/C19H10F12O2S/c20-16(21,22)14(17(23,24)25)11-8-4-5-9-12(11)34(32-14)13(10-6-2-1-3-7-10)15(33-34,18(26,27)28)19(29,30)31/h1-9,13H/t13-/m0/s1. The normalized spacial score (nSPS) is 28.2. The minimum atomic E-state index is -6.31. The van der Waals surface area contributed by atoms with Crippen molar-refractivity contribution in [3.05, 3.63) is 65.7 Å². The van der Waals surface area contributed by atoms with Crippen LogP contribution in [0.1, 0.15) is 16.4 Å². The van der Waals surface area contributed by atoms with Crippen molar-refractivity contribution in [2.75, 3.05) is 0 Å². The van der Waals surface area contributed by atoms with Crippen LogP contribution in [0.25, 0.3) is 0 Å². The van der Waals surface area contributed by atoms with E-state index in [0.29, 0.717) is 12.1 Å². The molecule has 2 aliphatic heterocycles. The quantitative estimate of drug-likeness (QED) is 0.353. The van der Waals surface area contributed by atoms with Crippen LogP contribution in [0.4, 0.5) is 52.7 Å². The van der Waals surface area contributed by atoms with Crippen LogP contribution in [0.5, 0.6) is 0 Å². The van der Waals surface area contributed by atoms with E-state index in [0.717, 1.165) is 36.4 Å². The Morgan fingerprint density at radius 2 is 1.06 bits per heavy atom. The Labute approximate surface area is 184 Å². The summed E-state index contributed by atoms with van der Waals surface area (Å²) in [6.45, 7) is 0. The number of rotatable bonds is 1. The zero-order valence-electron chi connectivity index (χ0n) is 16.0. The fourth-order valence-electron chi connectivity index (χ4n) is 4.14. The topological polar surface area (TPSA) is 18.5 Å². The number of hydrogen-bond acceptors (Lipinski definition) is 2. The largest absolute Gasteiger partial charge is 0.433 e. The summed E-state index contributed by atoms with van der Waals surface area (Å²) in [7, 11) is -4.94. The molecule has 4 rings (SSSR count). The first-order chi connectivity index (χ1) is 15.4. The van der Waals surface area contributed by atoms with Gasteiger partial charge in [-0.1, -0.05) is 48.5 Å². The molecule has 2 aromatic carbocycles. The Balaban J connectivity index is 2.08. The molecule has 0 saturated carbocycles. The van der Waals surface area contributed by atoms with Crippen LogP contribution in [0.2, 0.25) is 0 Å². The molecule has 0 N–H and O–H groups in total. The van der Waals surface area contributed by atoms with Crippen molar-refractivity contribution < 1.29 is 61.1 Å². The molecule has 0 aromatic heterocycles. The van der Waals surface area contributed by atoms with Gasteiger partial charge < -0.3 is 0 Å². The molecular weight excluding hydrogens is 520 g/mol. The molecule has 1 spiro atoms. The van der Waals surface area contributed by atoms with E-state index in [1.807, 2.05) is 0 Å². The van der Waals surface area contributed by atoms with Gasteiger partial charge in [0.1, 0.15) is 5.25 Å². The average Bonchev–Trinajstić information content (AvgIpc) is 2.99. The molecule has 0 amide bonds. The zero-order chi connectivity index (χ0) is 25.6. The molecule has 2 aliphatic rings. The van der Waals surface area contributed by atoms with Crippen LogP contribution in [-0.2, 0) is 14.0 Å². The van der Waals surface area contributed by atoms with Crippen molar-refractivity contribution >= 4 is 10.6 Å². The third kappa shape index (κ3) is 2.89. The molecule has 2 nitrogen and oxygen atoms in total. The second-order valence-electron chi connectivity index (χ2n) is 7.41. The van der Waals surface area contributed by atoms with E-state index < -0.39 is 67.8 Å². The molecule has 2 aromatic rings. The SMILES string of the molecule is FC(F)(F)C1(C(F)(F)F)OS2(OC(C(F)(F)F)(C(F)(F)F)[C@@H]2c2ccccc2)c2ccccc21. The van der Waals surface area contributed by atoms with Crippen LogP contribution in [-0.4, -0.2) is 30.3 Å². The highest BCUT2D eigenvalue weighted by Gasteiger charge is 2.91. The van der Waals surface area contributed by atoms with Gasteiger partial charge in [0, 0.05) is 5.56 Å². The maximum absolute atomic E-state index is 14.0. The van der Waals surface area contributed by atoms with Crippen LogP contribution >= 0.6 is 10.6 Å². The predicted octanol–water partition coefficient (Wildman–Crippen LogP) is 7.67. The maximum Gasteiger partial charge on any atom is 0.433 e. The molecule has 188 valence electrons. The summed E-state index contributed by atoms with van der Waals surface area (Å²) in [6.07, 6.45) is -25.2. The first-order valence-corrected chi connectivity index (χ1v) is 10.6. The summed E-state index contributed by atoms with van der Waals surface area (Å²) in [5, 5.41) is -3.12. The fourth-order valence-corrected chi connectivity index (χ4v) is 8.03. The Hall–Kier alpha value is -2.13. The van der Waals surface area contributed by atoms with Crippen LogP contribution in [0, 0.1) is 0 Å². The lowest BCUT2D eigenvalue weighted by Gasteiger charge is -2.65. The van der Waals surface area contributed by atoms with Gasteiger partial charge in [0.2, 0.25) is 0 Å². The molecule has 1 fully saturated rings. The van der Waals surface area contributed by atoms with Crippen LogP contribution < -0.4 is 0 Å². The second kappa shape index (κ2) is 6.97. The van der Waals surface area contributed by atoms with Crippen molar-refractivity contribution in [2.24, 2.45) is 0 Å². The Bertz CT molecular complexity index is 1060. The van der Waals surface area contributed by atoms with Crippen molar-refractivity contribution in [3.8, 4) is 0 Å². The summed E-state index contributed by atoms with van der Waals surface area (Å²) < 4.78 is 176. The number of hydrogen-bond donors (Lipinski definition) is 0. The number of alkyl halides is 12. The van der Waals surface area contributed by atoms with Gasteiger partial charge in [0.25, 0.3) is 0 Å². The highest BCUT2D eigenvalue weighted by Crippen LogP contribution is 2.91. The van der Waals surface area contributed by atoms with Crippen molar-refractivity contribution in [3.63, 3.8) is 0 Å². The minimum Gasteiger partial charge on any atom is -0.250 e. The highest BCUT2D eigenvalue weighted by molar-refractivity contribution is 8.27. The van der Waals surface area contributed by atoms with E-state index in [2.05, 4.69) is 8.37 Å². The van der Waals surface area contributed by atoms with E-state index >= 15 is 0 Å². The lowest BCUT2D eigenvalue weighted by atomic mass is 9.91. The van der Waals surface area contributed by atoms with Gasteiger partial charge in [-0.3, -0.25) is 4.18 Å². The molecule has 15 heteroatoms. The van der Waals surface area contributed by atoms with Gasteiger partial charge in [0.05, 0.1) is 4.90 Å². The van der Waals surface area contributed by atoms with Crippen molar-refractivity contribution in [1.82, 2.24) is 0 Å². The summed E-state index contributed by atoms with van der Waals surface area (Å²) in [5.74, 6) is 0. The Morgan fingerprint density at radius 1 is 0.588 bits per heavy atom. The predicted molar refractivity (Wildman–Crippen MR) is 92.3 cm³/mol. The molecule has 34 heavy (non-hydrogen) atoms. The van der Waals surface area contributed by atoms with Gasteiger partial charge >= 0.3 is 35.9 Å². The molecule has 2 atom stereocenters. The van der Waals surface area contributed by atoms with Crippen LogP contribution in [0.15, 0.2) is 59.5 Å². The van der Waals surface area contributed by atoms with E-state index in [4.69, 9.17) is 0 Å². The Morgan fingerprint density at radius 3 is 1.53 bits per heavy atom. The van der Waals surface area contributed by atoms with Gasteiger partial charge in [-0.2, -0.15) is 52.7 Å². The monoisotopic (exact) mass is 530 g/mol. The van der Waals surface area contributed by atoms with Crippen LogP contribution in [0.3, 0.4) is 0 Å². The molecule has 0 aliphatic carbocycles. The van der Waals surface area contributed by atoms with Crippen molar-refractivity contribution in [2.45, 2.75) is 46.1 Å². The van der Waals surface area contributed by atoms with E-state index in [9.17, 15) is 52.7 Å². The molecule has 2 heterocycles. The minimum absolute atomic E-state index is 0.296. The lowest BCUT2D eigenvalue weighted by molar-refractivity contribution is -0.385. The van der Waals surface area contributed by atoms with Gasteiger partial charge in [-0.05, 0) is 11.6 Å². The second-order valence-corrected chi connectivity index (χ2v) is 9.74. The summed E-state index contributed by atoms with van der Waals surface area (Å²) in [5.41, 5.74) is -12.9. The number of halogens is 12. The zero-order valence-corrected chi connectivity index (χ0v) is 16.9. The summed E-state index contributed by atoms with van der Waals surface area (Å²) in [6, 6.07) is 7.05. The van der Waals surface area contributed by atoms with Gasteiger partial charge in [-0.15, -0.1) is 10.6 Å². The van der Waals surface area contributed by atoms with Crippen molar-refractivity contribution in [1.29, 1.82) is 0 Å². The first-order valence-electron chi connectivity index (χ1n) is 9.01. The van der Waals surface area contributed by atoms with Gasteiger partial charge in [0.15, 0.2) is 0 Å². The van der Waals surface area contributed by atoms with E-state index in [1.54, 1.807) is 0 Å². The first kappa shape index (κ1) is 25.0. The molecular formula is C19H10F12O2S. The maximum atomic E-state index is 14.0. The third-order valence-corrected chi connectivity index (χ3v) is 8.70. The lowest BCUT2D eigenvalue weighted by Crippen LogP contribution is -2.70. The molecule has 1 unspecified atom stereocenters. The average molecular weight is 530 g/mol. The smallest absolute Gasteiger partial charge is 0.250 e. The summed E-state index contributed by atoms with van der Waals surface area (Å²) >= 11 is 0.